The Hall–Kier alpha value is -1.07. The Morgan fingerprint density at radius 2 is 1.94 bits per heavy atom. The first-order valence-corrected chi connectivity index (χ1v) is 7.67. The van der Waals surface area contributed by atoms with Crippen LogP contribution in [0, 0.1) is 5.41 Å². The number of sulfonamides is 1. The van der Waals surface area contributed by atoms with E-state index in [1.807, 2.05) is 26.8 Å². The molecule has 0 amide bonds. The number of anilines is 1. The highest BCUT2D eigenvalue weighted by atomic mass is 32.2. The van der Waals surface area contributed by atoms with Gasteiger partial charge in [0.05, 0.1) is 5.75 Å². The summed E-state index contributed by atoms with van der Waals surface area (Å²) in [5.74, 6) is 0.128. The first-order chi connectivity index (χ1) is 8.22. The van der Waals surface area contributed by atoms with Crippen LogP contribution in [-0.2, 0) is 16.6 Å². The number of benzene rings is 1. The summed E-state index contributed by atoms with van der Waals surface area (Å²) in [7, 11) is -3.28. The summed E-state index contributed by atoms with van der Waals surface area (Å²) in [5.41, 5.74) is 7.01. The zero-order chi connectivity index (χ0) is 13.8. The molecule has 0 atom stereocenters. The third-order valence-corrected chi connectivity index (χ3v) is 3.85. The number of rotatable bonds is 5. The van der Waals surface area contributed by atoms with E-state index >= 15 is 0 Å². The van der Waals surface area contributed by atoms with E-state index < -0.39 is 10.0 Å². The van der Waals surface area contributed by atoms with E-state index in [4.69, 9.17) is 5.73 Å². The van der Waals surface area contributed by atoms with E-state index in [-0.39, 0.29) is 11.2 Å². The van der Waals surface area contributed by atoms with Crippen LogP contribution in [0.5, 0.6) is 0 Å². The minimum atomic E-state index is -3.28. The molecule has 0 aromatic heterocycles. The molecule has 1 rings (SSSR count). The van der Waals surface area contributed by atoms with Crippen molar-refractivity contribution >= 4 is 15.7 Å². The second kappa shape index (κ2) is 5.71. The summed E-state index contributed by atoms with van der Waals surface area (Å²) >= 11 is 0. The van der Waals surface area contributed by atoms with Crippen molar-refractivity contribution in [3.05, 3.63) is 29.8 Å². The number of nitrogens with one attached hydrogen (secondary N) is 1. The predicted molar refractivity (Wildman–Crippen MR) is 75.8 cm³/mol. The van der Waals surface area contributed by atoms with Crippen LogP contribution in [0.3, 0.4) is 0 Å². The quantitative estimate of drug-likeness (QED) is 0.862. The van der Waals surface area contributed by atoms with Crippen LogP contribution >= 0.6 is 0 Å². The molecular formula is C13H22N2O2S. The van der Waals surface area contributed by atoms with Crippen molar-refractivity contribution in [2.24, 2.45) is 11.1 Å². The average Bonchev–Trinajstić information content (AvgIpc) is 2.25. The molecule has 5 heteroatoms. The van der Waals surface area contributed by atoms with Gasteiger partial charge in [0.25, 0.3) is 0 Å². The van der Waals surface area contributed by atoms with Crippen molar-refractivity contribution in [3.63, 3.8) is 0 Å². The fourth-order valence-corrected chi connectivity index (χ4v) is 2.90. The molecule has 18 heavy (non-hydrogen) atoms. The van der Waals surface area contributed by atoms with Crippen LogP contribution in [0.25, 0.3) is 0 Å². The van der Waals surface area contributed by atoms with Gasteiger partial charge in [0.2, 0.25) is 10.0 Å². The Labute approximate surface area is 110 Å². The molecule has 0 aliphatic heterocycles. The Morgan fingerprint density at radius 1 is 1.28 bits per heavy atom. The largest absolute Gasteiger partial charge is 0.326 e. The van der Waals surface area contributed by atoms with E-state index in [0.717, 1.165) is 5.56 Å². The Morgan fingerprint density at radius 3 is 2.50 bits per heavy atom. The van der Waals surface area contributed by atoms with Gasteiger partial charge in [-0.1, -0.05) is 32.9 Å². The molecule has 0 spiro atoms. The van der Waals surface area contributed by atoms with Gasteiger partial charge in [-0.15, -0.1) is 0 Å². The maximum atomic E-state index is 11.9. The molecule has 0 heterocycles. The average molecular weight is 270 g/mol. The van der Waals surface area contributed by atoms with Crippen molar-refractivity contribution < 1.29 is 8.42 Å². The molecule has 0 unspecified atom stereocenters. The van der Waals surface area contributed by atoms with Crippen LogP contribution in [0.4, 0.5) is 5.69 Å². The fraction of sp³-hybridized carbons (Fsp3) is 0.538. The van der Waals surface area contributed by atoms with Crippen molar-refractivity contribution in [2.75, 3.05) is 10.5 Å². The summed E-state index contributed by atoms with van der Waals surface area (Å²) in [4.78, 5) is 0. The highest BCUT2D eigenvalue weighted by Crippen LogP contribution is 2.20. The van der Waals surface area contributed by atoms with E-state index in [2.05, 4.69) is 4.72 Å². The lowest BCUT2D eigenvalue weighted by molar-refractivity contribution is 0.397. The zero-order valence-electron chi connectivity index (χ0n) is 11.2. The summed E-state index contributed by atoms with van der Waals surface area (Å²) in [6.07, 6.45) is 0.624. The molecule has 1 aromatic carbocycles. The Bertz CT molecular complexity index is 490. The molecule has 1 aromatic rings. The van der Waals surface area contributed by atoms with Gasteiger partial charge in [-0.25, -0.2) is 8.42 Å². The van der Waals surface area contributed by atoms with Crippen LogP contribution in [-0.4, -0.2) is 14.2 Å². The van der Waals surface area contributed by atoms with Gasteiger partial charge in [0.15, 0.2) is 0 Å². The lowest BCUT2D eigenvalue weighted by atomic mass is 9.94. The van der Waals surface area contributed by atoms with Gasteiger partial charge >= 0.3 is 0 Å². The van der Waals surface area contributed by atoms with E-state index in [1.165, 1.54) is 0 Å². The monoisotopic (exact) mass is 270 g/mol. The van der Waals surface area contributed by atoms with Crippen LogP contribution in [0.2, 0.25) is 0 Å². The van der Waals surface area contributed by atoms with Crippen molar-refractivity contribution in [2.45, 2.75) is 33.7 Å². The molecule has 102 valence electrons. The summed E-state index contributed by atoms with van der Waals surface area (Å²) in [6, 6.07) is 7.15. The van der Waals surface area contributed by atoms with Gasteiger partial charge < -0.3 is 5.73 Å². The van der Waals surface area contributed by atoms with Crippen LogP contribution in [0.1, 0.15) is 32.8 Å². The van der Waals surface area contributed by atoms with Crippen LogP contribution in [0.15, 0.2) is 24.3 Å². The van der Waals surface area contributed by atoms with Gasteiger partial charge in [-0.3, -0.25) is 4.72 Å². The van der Waals surface area contributed by atoms with Gasteiger partial charge in [0.1, 0.15) is 0 Å². The molecule has 0 aliphatic rings. The van der Waals surface area contributed by atoms with Crippen molar-refractivity contribution in [3.8, 4) is 0 Å². The van der Waals surface area contributed by atoms with E-state index in [1.54, 1.807) is 18.2 Å². The lowest BCUT2D eigenvalue weighted by Crippen LogP contribution is -2.21. The van der Waals surface area contributed by atoms with Crippen LogP contribution < -0.4 is 10.5 Å². The number of nitrogens with two attached hydrogens (primary N) is 1. The molecular weight excluding hydrogens is 248 g/mol. The van der Waals surface area contributed by atoms with Gasteiger partial charge in [0, 0.05) is 12.2 Å². The third-order valence-electron chi connectivity index (χ3n) is 2.56. The topological polar surface area (TPSA) is 72.2 Å². The van der Waals surface area contributed by atoms with E-state index in [9.17, 15) is 8.42 Å². The molecule has 0 aliphatic carbocycles. The summed E-state index contributed by atoms with van der Waals surface area (Å²) in [5, 5.41) is 0. The van der Waals surface area contributed by atoms with Crippen molar-refractivity contribution in [1.29, 1.82) is 0 Å². The Balaban J connectivity index is 2.70. The summed E-state index contributed by atoms with van der Waals surface area (Å²) < 4.78 is 26.4. The minimum absolute atomic E-state index is 0.00779. The third kappa shape index (κ3) is 5.51. The SMILES string of the molecule is CC(C)(C)CCS(=O)(=O)Nc1cccc(CN)c1. The zero-order valence-corrected chi connectivity index (χ0v) is 12.0. The second-order valence-corrected chi connectivity index (χ2v) is 7.48. The standard InChI is InChI=1S/C13H22N2O2S/c1-13(2,3)7-8-18(16,17)15-12-6-4-5-11(9-12)10-14/h4-6,9,15H,7-8,10,14H2,1-3H3. The maximum absolute atomic E-state index is 11.9. The molecule has 0 radical (unpaired) electrons. The highest BCUT2D eigenvalue weighted by Gasteiger charge is 2.17. The van der Waals surface area contributed by atoms with Gasteiger partial charge in [-0.2, -0.15) is 0 Å². The Kier molecular flexibility index (Phi) is 4.76. The molecule has 0 saturated carbocycles. The first kappa shape index (κ1) is 15.0. The molecule has 4 nitrogen and oxygen atoms in total. The molecule has 0 saturated heterocycles. The smallest absolute Gasteiger partial charge is 0.232 e. The van der Waals surface area contributed by atoms with Gasteiger partial charge in [-0.05, 0) is 29.5 Å². The lowest BCUT2D eigenvalue weighted by Gasteiger charge is -2.18. The van der Waals surface area contributed by atoms with Crippen molar-refractivity contribution in [1.82, 2.24) is 0 Å². The molecule has 0 fully saturated rings. The first-order valence-electron chi connectivity index (χ1n) is 6.01. The number of hydrogen-bond donors (Lipinski definition) is 2. The number of hydrogen-bond acceptors (Lipinski definition) is 3. The second-order valence-electron chi connectivity index (χ2n) is 5.64. The summed E-state index contributed by atoms with van der Waals surface area (Å²) in [6.45, 7) is 6.48. The maximum Gasteiger partial charge on any atom is 0.232 e. The molecule has 0 bridgehead atoms. The van der Waals surface area contributed by atoms with E-state index in [0.29, 0.717) is 18.7 Å². The normalized spacial score (nSPS) is 12.4. The minimum Gasteiger partial charge on any atom is -0.326 e. The molecule has 3 N–H and O–H groups in total. The fourth-order valence-electron chi connectivity index (χ4n) is 1.43. The predicted octanol–water partition coefficient (Wildman–Crippen LogP) is 2.32. The highest BCUT2D eigenvalue weighted by molar-refractivity contribution is 7.92.